The molecule has 9 heteroatoms. The highest BCUT2D eigenvalue weighted by Gasteiger charge is 2.94. The molecule has 5 nitrogen and oxygen atoms in total. The van der Waals surface area contributed by atoms with E-state index in [0.717, 1.165) is 0 Å². The van der Waals surface area contributed by atoms with Crippen LogP contribution in [0.3, 0.4) is 0 Å². The second kappa shape index (κ2) is 3.61. The molecular formula is C13H10ClF3N4O. The molecule has 22 heavy (non-hydrogen) atoms. The lowest BCUT2D eigenvalue weighted by molar-refractivity contribution is -0.167. The van der Waals surface area contributed by atoms with Crippen molar-refractivity contribution in [2.24, 2.45) is 12.5 Å². The summed E-state index contributed by atoms with van der Waals surface area (Å²) in [7, 11) is 1.52. The quantitative estimate of drug-likeness (QED) is 0.753. The number of hydrogen-bond acceptors (Lipinski definition) is 4. The molecule has 0 N–H and O–H groups in total. The summed E-state index contributed by atoms with van der Waals surface area (Å²) in [4.78, 5) is 24.3. The summed E-state index contributed by atoms with van der Waals surface area (Å²) in [5.74, 6) is 0.389. The molecule has 4 rings (SSSR count). The monoisotopic (exact) mass is 330 g/mol. The summed E-state index contributed by atoms with van der Waals surface area (Å²) in [6, 6.07) is 0. The molecule has 0 saturated heterocycles. The normalized spacial score (nSPS) is 29.5. The molecule has 2 saturated carbocycles. The first kappa shape index (κ1) is 13.9. The van der Waals surface area contributed by atoms with Crippen LogP contribution in [-0.2, 0) is 12.5 Å². The molecule has 2 aliphatic carbocycles. The van der Waals surface area contributed by atoms with Crippen LogP contribution in [0.5, 0.6) is 0 Å². The number of aromatic nitrogens is 4. The lowest BCUT2D eigenvalue weighted by Gasteiger charge is -2.09. The predicted molar refractivity (Wildman–Crippen MR) is 71.7 cm³/mol. The van der Waals surface area contributed by atoms with Crippen LogP contribution in [0.1, 0.15) is 24.4 Å². The average molecular weight is 331 g/mol. The van der Waals surface area contributed by atoms with Gasteiger partial charge in [-0.05, 0) is 31.4 Å². The highest BCUT2D eigenvalue weighted by atomic mass is 35.5. The van der Waals surface area contributed by atoms with E-state index in [1.807, 2.05) is 0 Å². The van der Waals surface area contributed by atoms with E-state index in [0.29, 0.717) is 5.82 Å². The molecule has 2 aromatic rings. The third-order valence-corrected chi connectivity index (χ3v) is 5.16. The van der Waals surface area contributed by atoms with E-state index in [9.17, 15) is 18.0 Å². The van der Waals surface area contributed by atoms with E-state index in [4.69, 9.17) is 11.6 Å². The number of fused-ring (bicyclic) bond motifs is 2. The smallest absolute Gasteiger partial charge is 0.298 e. The average Bonchev–Trinajstić information content (AvgIpc) is 3.22. The minimum atomic E-state index is -4.29. The molecule has 0 bridgehead atoms. The summed E-state index contributed by atoms with van der Waals surface area (Å²) >= 11 is 5.82. The Labute approximate surface area is 127 Å². The van der Waals surface area contributed by atoms with E-state index >= 15 is 0 Å². The molecule has 2 aliphatic rings. The van der Waals surface area contributed by atoms with Gasteiger partial charge < -0.3 is 0 Å². The SMILES string of the molecule is Cc1nc2c(C34CC3(C(F)(F)F)C4)nc(Cl)nc2c(=O)n1C. The zero-order chi connectivity index (χ0) is 16.1. The van der Waals surface area contributed by atoms with E-state index in [1.165, 1.54) is 11.6 Å². The van der Waals surface area contributed by atoms with Gasteiger partial charge in [0.1, 0.15) is 11.3 Å². The standard InChI is InChI=1S/C13H10ClF3N4O/c1-5-18-6-7(9(22)21(5)2)19-10(14)20-8(6)11-3-12(11,4-11)13(15,16)17/h3-4H2,1-2H3. The van der Waals surface area contributed by atoms with Gasteiger partial charge in [0.25, 0.3) is 5.56 Å². The van der Waals surface area contributed by atoms with Crippen molar-refractivity contribution >= 4 is 22.6 Å². The molecular weight excluding hydrogens is 321 g/mol. The lowest BCUT2D eigenvalue weighted by Crippen LogP contribution is -2.23. The maximum atomic E-state index is 13.2. The maximum Gasteiger partial charge on any atom is 0.395 e. The Hall–Kier alpha value is -1.70. The molecule has 2 heterocycles. The van der Waals surface area contributed by atoms with E-state index in [2.05, 4.69) is 15.0 Å². The van der Waals surface area contributed by atoms with Gasteiger partial charge in [0.2, 0.25) is 5.28 Å². The van der Waals surface area contributed by atoms with Crippen molar-refractivity contribution < 1.29 is 13.2 Å². The van der Waals surface area contributed by atoms with Crippen molar-refractivity contribution in [3.63, 3.8) is 0 Å². The van der Waals surface area contributed by atoms with Crippen molar-refractivity contribution in [2.45, 2.75) is 31.4 Å². The van der Waals surface area contributed by atoms with Crippen molar-refractivity contribution in [1.29, 1.82) is 0 Å². The molecule has 2 fully saturated rings. The van der Waals surface area contributed by atoms with Gasteiger partial charge in [0, 0.05) is 12.5 Å². The highest BCUT2D eigenvalue weighted by Crippen LogP contribution is 2.90. The van der Waals surface area contributed by atoms with Crippen LogP contribution in [0.15, 0.2) is 4.79 Å². The van der Waals surface area contributed by atoms with Crippen LogP contribution in [0, 0.1) is 12.3 Å². The first-order valence-corrected chi connectivity index (χ1v) is 6.99. The van der Waals surface area contributed by atoms with Gasteiger partial charge >= 0.3 is 6.18 Å². The fourth-order valence-electron chi connectivity index (χ4n) is 3.31. The van der Waals surface area contributed by atoms with Crippen molar-refractivity contribution in [3.05, 3.63) is 27.2 Å². The summed E-state index contributed by atoms with van der Waals surface area (Å²) < 4.78 is 40.8. The zero-order valence-electron chi connectivity index (χ0n) is 11.6. The number of aryl methyl sites for hydroxylation is 1. The maximum absolute atomic E-state index is 13.2. The molecule has 0 atom stereocenters. The van der Waals surface area contributed by atoms with Crippen molar-refractivity contribution in [2.75, 3.05) is 0 Å². The molecule has 0 aromatic carbocycles. The van der Waals surface area contributed by atoms with Gasteiger partial charge in [0.15, 0.2) is 5.52 Å². The van der Waals surface area contributed by atoms with Crippen LogP contribution >= 0.6 is 11.6 Å². The first-order chi connectivity index (χ1) is 10.1. The Morgan fingerprint density at radius 2 is 1.82 bits per heavy atom. The number of halogens is 4. The number of hydrogen-bond donors (Lipinski definition) is 0. The van der Waals surface area contributed by atoms with Crippen molar-refractivity contribution in [1.82, 2.24) is 19.5 Å². The van der Waals surface area contributed by atoms with E-state index in [-0.39, 0.29) is 34.9 Å². The Bertz CT molecular complexity index is 899. The van der Waals surface area contributed by atoms with Crippen LogP contribution in [-0.4, -0.2) is 25.7 Å². The van der Waals surface area contributed by atoms with Crippen LogP contribution in [0.4, 0.5) is 13.2 Å². The number of alkyl halides is 3. The molecule has 0 amide bonds. The second-order valence-electron chi connectivity index (χ2n) is 6.08. The summed E-state index contributed by atoms with van der Waals surface area (Å²) in [5.41, 5.74) is -2.99. The number of rotatable bonds is 1. The Kier molecular flexibility index (Phi) is 2.29. The van der Waals surface area contributed by atoms with Crippen LogP contribution in [0.25, 0.3) is 11.0 Å². The summed E-state index contributed by atoms with van der Waals surface area (Å²) in [6.45, 7) is 1.60. The minimum absolute atomic E-state index is 0.0259. The van der Waals surface area contributed by atoms with Gasteiger partial charge in [-0.25, -0.2) is 15.0 Å². The molecule has 0 radical (unpaired) electrons. The fourth-order valence-corrected chi connectivity index (χ4v) is 3.48. The fraction of sp³-hybridized carbons (Fsp3) is 0.538. The third-order valence-electron chi connectivity index (χ3n) is 4.99. The molecule has 0 spiro atoms. The molecule has 0 unspecified atom stereocenters. The van der Waals surface area contributed by atoms with Crippen LogP contribution < -0.4 is 5.56 Å². The molecule has 116 valence electrons. The van der Waals surface area contributed by atoms with Gasteiger partial charge in [-0.15, -0.1) is 0 Å². The van der Waals surface area contributed by atoms with E-state index < -0.39 is 22.6 Å². The topological polar surface area (TPSA) is 60.7 Å². The molecule has 2 aromatic heterocycles. The highest BCUT2D eigenvalue weighted by molar-refractivity contribution is 6.28. The van der Waals surface area contributed by atoms with Crippen LogP contribution in [0.2, 0.25) is 5.28 Å². The predicted octanol–water partition coefficient (Wildman–Crippen LogP) is 2.28. The van der Waals surface area contributed by atoms with Gasteiger partial charge in [-0.3, -0.25) is 9.36 Å². The molecule has 0 aliphatic heterocycles. The minimum Gasteiger partial charge on any atom is -0.298 e. The third kappa shape index (κ3) is 1.41. The summed E-state index contributed by atoms with van der Waals surface area (Å²) in [5, 5.41) is -0.227. The second-order valence-corrected chi connectivity index (χ2v) is 6.42. The summed E-state index contributed by atoms with van der Waals surface area (Å²) in [6.07, 6.45) is -4.34. The van der Waals surface area contributed by atoms with Crippen molar-refractivity contribution in [3.8, 4) is 0 Å². The lowest BCUT2D eigenvalue weighted by atomic mass is 10.1. The Balaban J connectivity index is 2.00. The zero-order valence-corrected chi connectivity index (χ0v) is 12.4. The van der Waals surface area contributed by atoms with Gasteiger partial charge in [-0.1, -0.05) is 0 Å². The first-order valence-electron chi connectivity index (χ1n) is 6.61. The Morgan fingerprint density at radius 3 is 2.36 bits per heavy atom. The largest absolute Gasteiger partial charge is 0.395 e. The number of nitrogens with zero attached hydrogens (tertiary/aromatic N) is 4. The van der Waals surface area contributed by atoms with Gasteiger partial charge in [0.05, 0.1) is 11.1 Å². The Morgan fingerprint density at radius 1 is 1.18 bits per heavy atom. The van der Waals surface area contributed by atoms with Gasteiger partial charge in [-0.2, -0.15) is 13.2 Å². The van der Waals surface area contributed by atoms with E-state index in [1.54, 1.807) is 6.92 Å².